The zero-order chi connectivity index (χ0) is 31.6. The maximum Gasteiger partial charge on any atom is 0.0714 e. The molecular weight excluding hydrogens is 567 g/mol. The lowest BCUT2D eigenvalue weighted by atomic mass is 9.67. The van der Waals surface area contributed by atoms with E-state index in [0.717, 1.165) is 11.4 Å². The number of anilines is 2. The summed E-state index contributed by atoms with van der Waals surface area (Å²) in [4.78, 5) is 0. The average molecular weight is 602 g/mol. The van der Waals surface area contributed by atoms with E-state index in [4.69, 9.17) is 0 Å². The SMILES string of the molecule is CC1(C)c2ccccc2-c2c(-c3cccc(Nc4cccc(C5(c6ccccc6)c6ccccc6-c6ccccc65)c4)c3)cccc21. The Kier molecular flexibility index (Phi) is 6.14. The Morgan fingerprint density at radius 3 is 1.62 bits per heavy atom. The highest BCUT2D eigenvalue weighted by Crippen LogP contribution is 2.56. The molecule has 0 radical (unpaired) electrons. The Balaban J connectivity index is 1.15. The molecule has 7 aromatic carbocycles. The number of rotatable bonds is 5. The van der Waals surface area contributed by atoms with Crippen molar-refractivity contribution < 1.29 is 0 Å². The van der Waals surface area contributed by atoms with Gasteiger partial charge in [-0.25, -0.2) is 0 Å². The number of fused-ring (bicyclic) bond motifs is 6. The standard InChI is InChI=1S/C46H35N/c1-45(2)40-25-9-8-23-39(40)44-36(24-14-28-43(44)45)31-15-12-19-34(29-31)47-35-20-13-18-33(30-35)46(32-16-4-3-5-17-32)41-26-10-6-21-37(41)38-22-7-11-27-42(38)46/h3-30,47H,1-2H3. The Hall–Kier alpha value is -5.66. The molecule has 0 unspecified atom stereocenters. The molecule has 0 aliphatic heterocycles. The summed E-state index contributed by atoms with van der Waals surface area (Å²) < 4.78 is 0. The van der Waals surface area contributed by atoms with Crippen LogP contribution >= 0.6 is 0 Å². The molecule has 0 heterocycles. The van der Waals surface area contributed by atoms with Crippen LogP contribution in [-0.4, -0.2) is 0 Å². The van der Waals surface area contributed by atoms with Crippen molar-refractivity contribution >= 4 is 11.4 Å². The van der Waals surface area contributed by atoms with E-state index in [1.807, 2.05) is 0 Å². The first-order valence-corrected chi connectivity index (χ1v) is 16.5. The van der Waals surface area contributed by atoms with E-state index in [1.54, 1.807) is 0 Å². The van der Waals surface area contributed by atoms with Gasteiger partial charge in [0.05, 0.1) is 5.41 Å². The third-order valence-corrected chi connectivity index (χ3v) is 10.5. The van der Waals surface area contributed by atoms with Gasteiger partial charge in [-0.2, -0.15) is 0 Å². The highest BCUT2D eigenvalue weighted by atomic mass is 14.9. The molecule has 0 fully saturated rings. The minimum Gasteiger partial charge on any atom is -0.356 e. The first-order valence-electron chi connectivity index (χ1n) is 16.5. The summed E-state index contributed by atoms with van der Waals surface area (Å²) in [7, 11) is 0. The van der Waals surface area contributed by atoms with Crippen LogP contribution in [0.25, 0.3) is 33.4 Å². The number of hydrogen-bond donors (Lipinski definition) is 1. The van der Waals surface area contributed by atoms with Crippen LogP contribution in [0.1, 0.15) is 47.2 Å². The van der Waals surface area contributed by atoms with Gasteiger partial charge in [-0.15, -0.1) is 0 Å². The number of nitrogens with one attached hydrogen (secondary N) is 1. The van der Waals surface area contributed by atoms with Crippen LogP contribution in [-0.2, 0) is 10.8 Å². The summed E-state index contributed by atoms with van der Waals surface area (Å²) in [5.41, 5.74) is 17.5. The second-order valence-electron chi connectivity index (χ2n) is 13.4. The van der Waals surface area contributed by atoms with Crippen LogP contribution in [0.2, 0.25) is 0 Å². The smallest absolute Gasteiger partial charge is 0.0714 e. The second kappa shape index (κ2) is 10.4. The quantitative estimate of drug-likeness (QED) is 0.207. The maximum absolute atomic E-state index is 3.80. The molecule has 0 bridgehead atoms. The van der Waals surface area contributed by atoms with Gasteiger partial charge in [0.2, 0.25) is 0 Å². The van der Waals surface area contributed by atoms with Crippen LogP contribution in [0.4, 0.5) is 11.4 Å². The minimum absolute atomic E-state index is 0.0234. The molecule has 47 heavy (non-hydrogen) atoms. The van der Waals surface area contributed by atoms with Crippen LogP contribution in [0, 0.1) is 0 Å². The zero-order valence-electron chi connectivity index (χ0n) is 26.7. The van der Waals surface area contributed by atoms with Crippen molar-refractivity contribution in [2.75, 3.05) is 5.32 Å². The first-order chi connectivity index (χ1) is 23.1. The van der Waals surface area contributed by atoms with Crippen molar-refractivity contribution in [3.05, 3.63) is 203 Å². The van der Waals surface area contributed by atoms with Gasteiger partial charge in [-0.05, 0) is 91.0 Å². The second-order valence-corrected chi connectivity index (χ2v) is 13.4. The molecule has 0 amide bonds. The number of benzene rings is 7. The molecule has 0 atom stereocenters. The van der Waals surface area contributed by atoms with Crippen molar-refractivity contribution in [2.24, 2.45) is 0 Å². The molecule has 0 saturated heterocycles. The van der Waals surface area contributed by atoms with Crippen LogP contribution < -0.4 is 5.32 Å². The van der Waals surface area contributed by atoms with Gasteiger partial charge in [-0.1, -0.05) is 159 Å². The molecule has 2 aliphatic rings. The Bertz CT molecular complexity index is 2260. The van der Waals surface area contributed by atoms with Gasteiger partial charge < -0.3 is 5.32 Å². The van der Waals surface area contributed by atoms with Crippen LogP contribution in [0.5, 0.6) is 0 Å². The molecule has 224 valence electrons. The highest BCUT2D eigenvalue weighted by molar-refractivity contribution is 5.93. The van der Waals surface area contributed by atoms with Gasteiger partial charge in [0.15, 0.2) is 0 Å². The van der Waals surface area contributed by atoms with Crippen molar-refractivity contribution in [3.8, 4) is 33.4 Å². The Labute approximate surface area is 277 Å². The normalized spacial score (nSPS) is 14.5. The number of hydrogen-bond acceptors (Lipinski definition) is 1. The fourth-order valence-corrected chi connectivity index (χ4v) is 8.47. The maximum atomic E-state index is 3.80. The molecule has 0 spiro atoms. The van der Waals surface area contributed by atoms with E-state index in [9.17, 15) is 0 Å². The summed E-state index contributed by atoms with van der Waals surface area (Å²) in [5.74, 6) is 0. The molecule has 0 saturated carbocycles. The monoisotopic (exact) mass is 601 g/mol. The van der Waals surface area contributed by atoms with Gasteiger partial charge in [0.1, 0.15) is 0 Å². The van der Waals surface area contributed by atoms with Gasteiger partial charge >= 0.3 is 0 Å². The summed E-state index contributed by atoms with van der Waals surface area (Å²) in [6.07, 6.45) is 0. The lowest BCUT2D eigenvalue weighted by Gasteiger charge is -2.34. The predicted molar refractivity (Wildman–Crippen MR) is 196 cm³/mol. The van der Waals surface area contributed by atoms with Crippen molar-refractivity contribution in [1.29, 1.82) is 0 Å². The molecule has 2 aliphatic carbocycles. The Morgan fingerprint density at radius 2 is 0.894 bits per heavy atom. The summed E-state index contributed by atoms with van der Waals surface area (Å²) >= 11 is 0. The molecule has 1 nitrogen and oxygen atoms in total. The molecule has 1 heteroatoms. The fraction of sp³-hybridized carbons (Fsp3) is 0.0870. The largest absolute Gasteiger partial charge is 0.356 e. The van der Waals surface area contributed by atoms with E-state index < -0.39 is 5.41 Å². The van der Waals surface area contributed by atoms with Crippen molar-refractivity contribution in [1.82, 2.24) is 0 Å². The highest BCUT2D eigenvalue weighted by Gasteiger charge is 2.46. The van der Waals surface area contributed by atoms with E-state index in [0.29, 0.717) is 0 Å². The molecule has 7 aromatic rings. The summed E-state index contributed by atoms with van der Waals surface area (Å²) in [6.45, 7) is 4.69. The lowest BCUT2D eigenvalue weighted by molar-refractivity contribution is 0.660. The average Bonchev–Trinajstić information content (AvgIpc) is 3.55. The predicted octanol–water partition coefficient (Wildman–Crippen LogP) is 11.8. The summed E-state index contributed by atoms with van der Waals surface area (Å²) in [5, 5.41) is 3.80. The van der Waals surface area contributed by atoms with E-state index in [2.05, 4.69) is 189 Å². The Morgan fingerprint density at radius 1 is 0.383 bits per heavy atom. The molecular formula is C46H35N. The van der Waals surface area contributed by atoms with Crippen molar-refractivity contribution in [2.45, 2.75) is 24.7 Å². The van der Waals surface area contributed by atoms with Gasteiger partial charge in [0, 0.05) is 16.8 Å². The molecule has 9 rings (SSSR count). The van der Waals surface area contributed by atoms with E-state index >= 15 is 0 Å². The first kappa shape index (κ1) is 27.6. The fourth-order valence-electron chi connectivity index (χ4n) is 8.47. The zero-order valence-corrected chi connectivity index (χ0v) is 26.7. The molecule has 1 N–H and O–H groups in total. The van der Waals surface area contributed by atoms with Gasteiger partial charge in [-0.3, -0.25) is 0 Å². The lowest BCUT2D eigenvalue weighted by Crippen LogP contribution is -2.28. The topological polar surface area (TPSA) is 12.0 Å². The third-order valence-electron chi connectivity index (χ3n) is 10.5. The minimum atomic E-state index is -0.418. The molecule has 0 aromatic heterocycles. The van der Waals surface area contributed by atoms with E-state index in [-0.39, 0.29) is 5.41 Å². The summed E-state index contributed by atoms with van der Waals surface area (Å²) in [6, 6.07) is 62.4. The third kappa shape index (κ3) is 4.03. The van der Waals surface area contributed by atoms with Crippen LogP contribution in [0.15, 0.2) is 170 Å². The van der Waals surface area contributed by atoms with E-state index in [1.165, 1.54) is 66.8 Å². The van der Waals surface area contributed by atoms with Gasteiger partial charge in [0.25, 0.3) is 0 Å². The van der Waals surface area contributed by atoms with Crippen LogP contribution in [0.3, 0.4) is 0 Å². The van der Waals surface area contributed by atoms with Crippen molar-refractivity contribution in [3.63, 3.8) is 0 Å².